The highest BCUT2D eigenvalue weighted by molar-refractivity contribution is 6.32. The second-order valence-corrected chi connectivity index (χ2v) is 26.1. The van der Waals surface area contributed by atoms with E-state index < -0.39 is 143 Å². The van der Waals surface area contributed by atoms with Gasteiger partial charge in [0.1, 0.15) is 77.2 Å². The molecule has 9 atom stereocenters. The Kier molecular flexibility index (Phi) is 19.0. The van der Waals surface area contributed by atoms with Crippen molar-refractivity contribution >= 4 is 70.5 Å². The van der Waals surface area contributed by atoms with Crippen LogP contribution in [0.15, 0.2) is 91.3 Å². The van der Waals surface area contributed by atoms with Crippen molar-refractivity contribution in [3.8, 4) is 57.1 Å². The number of phenolic OH excluding ortho intramolecular Hbond substituents is 4. The van der Waals surface area contributed by atoms with Crippen LogP contribution in [0.2, 0.25) is 10.0 Å². The lowest BCUT2D eigenvalue weighted by Crippen LogP contribution is -2.59. The third-order valence-corrected chi connectivity index (χ3v) is 19.0. The molecule has 28 heteroatoms. The van der Waals surface area contributed by atoms with Crippen LogP contribution in [-0.4, -0.2) is 122 Å². The highest BCUT2D eigenvalue weighted by Crippen LogP contribution is 2.54. The molecule has 5 aliphatic heterocycles. The van der Waals surface area contributed by atoms with Crippen LogP contribution in [0.1, 0.15) is 117 Å². The van der Waals surface area contributed by atoms with E-state index in [1.165, 1.54) is 62.6 Å². The van der Waals surface area contributed by atoms with Gasteiger partial charge in [-0.05, 0) is 158 Å². The van der Waals surface area contributed by atoms with E-state index in [9.17, 15) is 45.0 Å². The number of nitrogens with one attached hydrogen (secondary N) is 10. The Bertz CT molecular complexity index is 3900. The summed E-state index contributed by atoms with van der Waals surface area (Å²) >= 11 is 13.8. The van der Waals surface area contributed by atoms with Crippen LogP contribution in [0.25, 0.3) is 11.1 Å². The average molecular weight is 1330 g/mol. The summed E-state index contributed by atoms with van der Waals surface area (Å²) in [6, 6.07) is 1.87. The van der Waals surface area contributed by atoms with Gasteiger partial charge in [0.15, 0.2) is 11.5 Å². The van der Waals surface area contributed by atoms with E-state index in [1.54, 1.807) is 0 Å². The van der Waals surface area contributed by atoms with Crippen molar-refractivity contribution in [3.63, 3.8) is 0 Å². The van der Waals surface area contributed by atoms with Crippen LogP contribution in [0.5, 0.6) is 46.0 Å². The van der Waals surface area contributed by atoms with Gasteiger partial charge in [-0.2, -0.15) is 0 Å². The number of fused-ring (bicyclic) bond motifs is 15. The first-order valence-corrected chi connectivity index (χ1v) is 31.5. The van der Waals surface area contributed by atoms with Crippen LogP contribution in [0, 0.1) is 29.6 Å². The van der Waals surface area contributed by atoms with E-state index in [0.717, 1.165) is 62.4 Å². The van der Waals surface area contributed by atoms with Crippen LogP contribution in [0.4, 0.5) is 0 Å². The summed E-state index contributed by atoms with van der Waals surface area (Å²) in [5.74, 6) is -11.6. The van der Waals surface area contributed by atoms with Crippen LogP contribution >= 0.6 is 23.2 Å². The number of carbonyl (C=O) groups excluding carboxylic acids is 8. The summed E-state index contributed by atoms with van der Waals surface area (Å²) < 4.78 is 12.5. The smallest absolute Gasteiger partial charge is 0.248 e. The zero-order valence-corrected chi connectivity index (χ0v) is 52.9. The number of ether oxygens (including phenoxy) is 2. The lowest BCUT2D eigenvalue weighted by atomic mass is 9.54. The Morgan fingerprint density at radius 1 is 0.628 bits per heavy atom. The Morgan fingerprint density at radius 3 is 1.81 bits per heavy atom. The number of aromatic hydroxyl groups is 4. The monoisotopic (exact) mass is 1330 g/mol. The summed E-state index contributed by atoms with van der Waals surface area (Å²) in [5.41, 5.74) is -1.53. The molecule has 496 valence electrons. The second-order valence-electron chi connectivity index (χ2n) is 25.3. The first-order chi connectivity index (χ1) is 44.7. The largest absolute Gasteiger partial charge is 0.508 e. The summed E-state index contributed by atoms with van der Waals surface area (Å²) in [6.07, 6.45) is -0.00924. The third kappa shape index (κ3) is 13.6. The number of hydrogen-bond acceptors (Lipinski definition) is 18. The van der Waals surface area contributed by atoms with Crippen molar-refractivity contribution in [2.45, 2.75) is 119 Å². The molecule has 15 bridgehead atoms. The maximum absolute atomic E-state index is 15.8. The van der Waals surface area contributed by atoms with Gasteiger partial charge in [-0.25, -0.2) is 0 Å². The van der Waals surface area contributed by atoms with Crippen LogP contribution < -0.4 is 62.6 Å². The molecule has 5 aromatic rings. The van der Waals surface area contributed by atoms with Crippen molar-refractivity contribution in [1.82, 2.24) is 53.2 Å². The number of carbonyl (C=O) groups is 8. The van der Waals surface area contributed by atoms with Gasteiger partial charge in [-0.15, -0.1) is 0 Å². The number of hydrogen-bond donors (Lipinski definition) is 16. The fourth-order valence-corrected chi connectivity index (χ4v) is 14.5. The highest BCUT2D eigenvalue weighted by Gasteiger charge is 2.50. The number of rotatable bonds is 11. The molecular weight excluding hydrogens is 1260 g/mol. The van der Waals surface area contributed by atoms with Crippen LogP contribution in [-0.2, 0) is 38.4 Å². The molecule has 0 spiro atoms. The maximum Gasteiger partial charge on any atom is 0.248 e. The molecule has 8 amide bonds. The van der Waals surface area contributed by atoms with E-state index in [-0.39, 0.29) is 96.5 Å². The lowest BCUT2D eigenvalue weighted by molar-refractivity contribution is -0.138. The summed E-state index contributed by atoms with van der Waals surface area (Å²) in [6.45, 7) is 7.42. The van der Waals surface area contributed by atoms with Gasteiger partial charge in [-0.3, -0.25) is 38.4 Å². The zero-order chi connectivity index (χ0) is 67.3. The number of benzene rings is 5. The Balaban J connectivity index is 1.08. The molecule has 5 aromatic carbocycles. The first kappa shape index (κ1) is 66.1. The normalized spacial score (nSPS) is 26.6. The maximum atomic E-state index is 15.8. The number of halogens is 2. The van der Waals surface area contributed by atoms with Gasteiger partial charge in [-0.1, -0.05) is 61.8 Å². The minimum Gasteiger partial charge on any atom is -0.508 e. The molecule has 4 saturated carbocycles. The van der Waals surface area contributed by atoms with Gasteiger partial charge in [0.2, 0.25) is 53.0 Å². The second kappa shape index (κ2) is 26.9. The van der Waals surface area contributed by atoms with Crippen molar-refractivity contribution in [2.24, 2.45) is 29.6 Å². The molecule has 0 aromatic heterocycles. The molecule has 94 heavy (non-hydrogen) atoms. The molecular formula is C66H72Cl2N10O16. The molecule has 16 N–H and O–H groups in total. The highest BCUT2D eigenvalue weighted by atomic mass is 35.5. The quantitative estimate of drug-likeness (QED) is 0.0861. The summed E-state index contributed by atoms with van der Waals surface area (Å²) in [7, 11) is 2.95. The minimum atomic E-state index is -2.16. The molecule has 26 nitrogen and oxygen atoms in total. The zero-order valence-electron chi connectivity index (χ0n) is 51.3. The standard InChI is InChI=1S/C66H72Cl2N10O16/c1-26(2)12-41(70-5)60(86)77-55-57(83)31-7-10-45(39(67)19-31)93-47-21-35-22-48(59(47)85)94-46-11-8-32(20-40(46)68)58(84)56-66(92)76-54(64(90)73-51-33-14-28-13-29(16-33)17-34(51)15-28)38-23-36(79)24-44(81)50(38)37-18-30(6-9-43(37)80)52(62(88)78-56)75-63(89)53(35)74-61(87)42(72-65(55)91)25-49(82)71-27(3)69-4/h6-11,18-24,26,28-29,33-34,41-42,51-58,69-70,79-81,83-85H,3,12-17,25H2,1-2,4-5H3,(H,71,82)(H,72,91)(H,73,90)(H,74,87)(H,75,89)(H,76,92)(H,77,86)(H,78,88)/t28?,29?,33?,34?,41-,42+,51?,52-,53-,54+,55-,56+,57-,58-/m1/s1. The number of aliphatic hydroxyl groups excluding tert-OH is 2. The number of likely N-dealkylation sites (N-methyl/N-ethyl adjacent to an activating group) is 1. The van der Waals surface area contributed by atoms with E-state index in [4.69, 9.17) is 32.7 Å². The molecule has 5 heterocycles. The van der Waals surface area contributed by atoms with Crippen molar-refractivity contribution < 1.29 is 78.5 Å². The Hall–Kier alpha value is -9.34. The molecule has 4 aliphatic carbocycles. The predicted molar refractivity (Wildman–Crippen MR) is 339 cm³/mol. The molecule has 9 aliphatic rings. The van der Waals surface area contributed by atoms with E-state index in [2.05, 4.69) is 59.7 Å². The topological polar surface area (TPSA) is 397 Å². The van der Waals surface area contributed by atoms with E-state index in [1.807, 2.05) is 13.8 Å². The van der Waals surface area contributed by atoms with Crippen molar-refractivity contribution in [1.29, 1.82) is 0 Å². The lowest BCUT2D eigenvalue weighted by Gasteiger charge is -2.54. The number of aliphatic hydroxyl groups is 2. The van der Waals surface area contributed by atoms with Gasteiger partial charge in [0, 0.05) is 30.3 Å². The molecule has 14 rings (SSSR count). The fourth-order valence-electron chi connectivity index (χ4n) is 14.0. The Morgan fingerprint density at radius 2 is 1.21 bits per heavy atom. The number of phenols is 4. The van der Waals surface area contributed by atoms with E-state index >= 15 is 24.0 Å². The van der Waals surface area contributed by atoms with Crippen molar-refractivity contribution in [2.75, 3.05) is 14.1 Å². The fraction of sp³-hybridized carbons (Fsp3) is 0.394. The van der Waals surface area contributed by atoms with Crippen molar-refractivity contribution in [3.05, 3.63) is 129 Å². The van der Waals surface area contributed by atoms with E-state index in [0.29, 0.717) is 11.8 Å². The number of amides is 8. The average Bonchev–Trinajstić information content (AvgIpc) is 0.765. The molecule has 4 fully saturated rings. The Labute approximate surface area is 548 Å². The minimum absolute atomic E-state index is 0.0386. The first-order valence-electron chi connectivity index (χ1n) is 30.8. The van der Waals surface area contributed by atoms with Gasteiger partial charge in [0.25, 0.3) is 0 Å². The summed E-state index contributed by atoms with van der Waals surface area (Å²) in [4.78, 5) is 120. The van der Waals surface area contributed by atoms with Gasteiger partial charge < -0.3 is 93.3 Å². The molecule has 0 radical (unpaired) electrons. The van der Waals surface area contributed by atoms with Gasteiger partial charge >= 0.3 is 0 Å². The van der Waals surface area contributed by atoms with Gasteiger partial charge in [0.05, 0.1) is 28.3 Å². The molecule has 0 saturated heterocycles. The third-order valence-electron chi connectivity index (χ3n) is 18.5. The summed E-state index contributed by atoms with van der Waals surface area (Å²) in [5, 5.41) is 97.7. The molecule has 0 unspecified atom stereocenters. The van der Waals surface area contributed by atoms with Crippen LogP contribution in [0.3, 0.4) is 0 Å². The SMILES string of the molecule is C=C(NC)NC(=O)C[C@@H]1NC(=O)[C@H](NC(=O)[C@@H](CC(C)C)NC)[C@H](O)c2ccc(c(Cl)c2)Oc2cc3cc(c2O)Oc2ccc(cc2Cl)[C@@H](O)[C@@H]2NC(=O)[C@H](NC(=O)[C@@H]3NC1=O)c1ccc(O)c(c1)-c1c(O)cc(O)cc1[C@@H](C(=O)NC1C3CC4CC(C3)CC1C4)NC2=O. The predicted octanol–water partition coefficient (Wildman–Crippen LogP) is 4.57.